The third-order valence-corrected chi connectivity index (χ3v) is 13.5. The monoisotopic (exact) mass is 569 g/mol. The number of carboxylic acids is 1. The normalized spacial score (nSPS) is 18.1. The first-order valence-electron chi connectivity index (χ1n) is 13.1. The number of nitrogens with zero attached hydrogens (tertiary/aromatic N) is 1. The molecule has 0 aliphatic carbocycles. The zero-order valence-electron chi connectivity index (χ0n) is 22.9. The van der Waals surface area contributed by atoms with Crippen LogP contribution in [0.5, 0.6) is 0 Å². The molecule has 0 unspecified atom stereocenters. The van der Waals surface area contributed by atoms with Gasteiger partial charge in [0.2, 0.25) is 5.91 Å². The van der Waals surface area contributed by atoms with E-state index in [1.807, 2.05) is 48.5 Å². The lowest BCUT2D eigenvalue weighted by Gasteiger charge is -2.41. The number of hydrogen-bond donors (Lipinski definition) is 1. The molecule has 2 aromatic rings. The quantitative estimate of drug-likeness (QED) is 0.184. The minimum absolute atomic E-state index is 0.0569. The van der Waals surface area contributed by atoms with Crippen molar-refractivity contribution < 1.29 is 19.1 Å². The van der Waals surface area contributed by atoms with Crippen LogP contribution in [0, 0.1) is 5.92 Å². The maximum Gasteiger partial charge on any atom is 0.328 e. The minimum Gasteiger partial charge on any atom is -0.478 e. The average Bonchev–Trinajstić information content (AvgIpc) is 3.22. The topological polar surface area (TPSA) is 66.8 Å². The van der Waals surface area contributed by atoms with Gasteiger partial charge in [0.25, 0.3) is 0 Å². The molecule has 1 saturated heterocycles. The fourth-order valence-corrected chi connectivity index (χ4v) is 6.99. The molecule has 3 atom stereocenters. The summed E-state index contributed by atoms with van der Waals surface area (Å²) in [5.41, 5.74) is 2.28. The van der Waals surface area contributed by atoms with Crippen molar-refractivity contribution in [3.05, 3.63) is 83.9 Å². The zero-order chi connectivity index (χ0) is 27.9. The Labute approximate surface area is 237 Å². The van der Waals surface area contributed by atoms with Gasteiger partial charge < -0.3 is 9.53 Å². The van der Waals surface area contributed by atoms with Gasteiger partial charge in [-0.05, 0) is 54.6 Å². The lowest BCUT2D eigenvalue weighted by molar-refractivity contribution is -0.135. The number of aryl methyl sites for hydroxylation is 1. The van der Waals surface area contributed by atoms with Crippen molar-refractivity contribution in [1.82, 2.24) is 4.90 Å². The highest BCUT2D eigenvalue weighted by Crippen LogP contribution is 2.39. The molecule has 1 amide bonds. The van der Waals surface area contributed by atoms with Crippen LogP contribution in [0.25, 0.3) is 0 Å². The van der Waals surface area contributed by atoms with Crippen LogP contribution >= 0.6 is 24.0 Å². The third kappa shape index (κ3) is 8.12. The summed E-state index contributed by atoms with van der Waals surface area (Å²) in [6, 6.07) is 20.1. The number of hydrogen-bond acceptors (Lipinski definition) is 5. The predicted molar refractivity (Wildman–Crippen MR) is 163 cm³/mol. The lowest BCUT2D eigenvalue weighted by atomic mass is 9.91. The number of benzene rings is 2. The van der Waals surface area contributed by atoms with Crippen LogP contribution in [0.1, 0.15) is 38.3 Å². The highest BCUT2D eigenvalue weighted by Gasteiger charge is 2.44. The van der Waals surface area contributed by atoms with E-state index >= 15 is 0 Å². The van der Waals surface area contributed by atoms with Crippen molar-refractivity contribution in [3.63, 3.8) is 0 Å². The van der Waals surface area contributed by atoms with E-state index in [0.717, 1.165) is 23.0 Å². The van der Waals surface area contributed by atoms with Gasteiger partial charge in [-0.25, -0.2) is 4.79 Å². The van der Waals surface area contributed by atoms with Gasteiger partial charge >= 0.3 is 5.97 Å². The van der Waals surface area contributed by atoms with Gasteiger partial charge in [-0.1, -0.05) is 105 Å². The van der Waals surface area contributed by atoms with Gasteiger partial charge in [-0.15, -0.1) is 0 Å². The number of thiocarbonyl (C=S) groups is 1. The minimum atomic E-state index is -2.34. The fraction of sp³-hybridized carbons (Fsp3) is 0.433. The Morgan fingerprint density at radius 1 is 1.11 bits per heavy atom. The van der Waals surface area contributed by atoms with Crippen molar-refractivity contribution in [1.29, 1.82) is 0 Å². The van der Waals surface area contributed by atoms with Crippen molar-refractivity contribution in [2.75, 3.05) is 5.75 Å². The van der Waals surface area contributed by atoms with E-state index < -0.39 is 26.3 Å². The summed E-state index contributed by atoms with van der Waals surface area (Å²) in [5, 5.41) is 9.35. The number of thioether (sulfide) groups is 1. The van der Waals surface area contributed by atoms with Crippen LogP contribution in [-0.2, 0) is 26.9 Å². The number of carbonyl (C=O) groups excluding carboxylic acids is 1. The molecule has 1 heterocycles. The number of rotatable bonds is 11. The third-order valence-electron chi connectivity index (χ3n) is 7.48. The van der Waals surface area contributed by atoms with Crippen LogP contribution in [0.4, 0.5) is 0 Å². The first-order chi connectivity index (χ1) is 17.9. The van der Waals surface area contributed by atoms with Gasteiger partial charge in [-0.3, -0.25) is 9.69 Å². The first kappa shape index (κ1) is 30.3. The van der Waals surface area contributed by atoms with Crippen LogP contribution in [0.15, 0.2) is 72.8 Å². The second-order valence-corrected chi connectivity index (χ2v) is 17.7. The largest absolute Gasteiger partial charge is 0.478 e. The van der Waals surface area contributed by atoms with Crippen LogP contribution in [-0.4, -0.2) is 52.4 Å². The number of carboxylic acid groups (broad SMARTS) is 1. The molecule has 0 bridgehead atoms. The van der Waals surface area contributed by atoms with E-state index in [1.54, 1.807) is 11.0 Å². The fourth-order valence-electron chi connectivity index (χ4n) is 4.29. The summed E-state index contributed by atoms with van der Waals surface area (Å²) < 4.78 is 7.34. The molecule has 1 fully saturated rings. The van der Waals surface area contributed by atoms with E-state index in [2.05, 4.69) is 46.0 Å². The Kier molecular flexibility index (Phi) is 10.5. The van der Waals surface area contributed by atoms with Crippen molar-refractivity contribution in [3.8, 4) is 0 Å². The summed E-state index contributed by atoms with van der Waals surface area (Å²) in [6.07, 6.45) is 3.91. The summed E-state index contributed by atoms with van der Waals surface area (Å²) in [6.45, 7) is 10.7. The van der Waals surface area contributed by atoms with E-state index in [0.29, 0.717) is 23.6 Å². The molecule has 1 N–H and O–H groups in total. The number of aliphatic carboxylic acids is 1. The van der Waals surface area contributed by atoms with E-state index in [1.165, 1.54) is 11.8 Å². The highest BCUT2D eigenvalue weighted by molar-refractivity contribution is 8.23. The van der Waals surface area contributed by atoms with Gasteiger partial charge in [0.15, 0.2) is 8.32 Å². The summed E-state index contributed by atoms with van der Waals surface area (Å²) >= 11 is 7.22. The van der Waals surface area contributed by atoms with E-state index in [9.17, 15) is 14.7 Å². The van der Waals surface area contributed by atoms with Crippen molar-refractivity contribution >= 4 is 48.5 Å². The first-order valence-corrected chi connectivity index (χ1v) is 17.4. The standard InChI is InChI=1S/C30H39NO4S2Si/c1-30(2,3)38(4,5)35-26(18-19-27(32)33)25(17-16-22-12-8-6-9-13-22)28(34)31-24(21-37-29(31)36)20-23-14-10-7-11-15-23/h6-15,18-19,24-26H,16-17,20-21H2,1-5H3,(H,32,33)/b19-18+/t24-,25-,26-/m0/s1. The molecule has 3 rings (SSSR count). The SMILES string of the molecule is CC(C)(C)[Si](C)(C)O[C@@H](/C=C/C(=O)O)[C@H](CCc1ccccc1)C(=O)N1C(=S)SC[C@@H]1Cc1ccccc1. The molecule has 1 aliphatic heterocycles. The zero-order valence-corrected chi connectivity index (χ0v) is 25.6. The van der Waals surface area contributed by atoms with Crippen molar-refractivity contribution in [2.24, 2.45) is 5.92 Å². The average molecular weight is 570 g/mol. The number of carbonyl (C=O) groups is 2. The highest BCUT2D eigenvalue weighted by atomic mass is 32.2. The molecule has 1 aliphatic rings. The Morgan fingerprint density at radius 2 is 1.68 bits per heavy atom. The molecule has 0 aromatic heterocycles. The van der Waals surface area contributed by atoms with Gasteiger partial charge in [0.05, 0.1) is 18.1 Å². The van der Waals surface area contributed by atoms with E-state index in [-0.39, 0.29) is 17.0 Å². The van der Waals surface area contributed by atoms with Gasteiger partial charge in [-0.2, -0.15) is 0 Å². The molecule has 0 spiro atoms. The maximum atomic E-state index is 14.4. The Morgan fingerprint density at radius 3 is 2.24 bits per heavy atom. The molecule has 2 aromatic carbocycles. The number of amides is 1. The van der Waals surface area contributed by atoms with Crippen LogP contribution < -0.4 is 0 Å². The maximum absolute atomic E-state index is 14.4. The molecule has 8 heteroatoms. The second-order valence-electron chi connectivity index (χ2n) is 11.3. The Bertz CT molecular complexity index is 1130. The predicted octanol–water partition coefficient (Wildman–Crippen LogP) is 6.74. The molecule has 5 nitrogen and oxygen atoms in total. The molecule has 38 heavy (non-hydrogen) atoms. The summed E-state index contributed by atoms with van der Waals surface area (Å²) in [5.74, 6) is -0.980. The molecule has 204 valence electrons. The molecule has 0 saturated carbocycles. The van der Waals surface area contributed by atoms with E-state index in [4.69, 9.17) is 16.6 Å². The summed E-state index contributed by atoms with van der Waals surface area (Å²) in [7, 11) is -2.34. The Hall–Kier alpha value is -2.26. The Balaban J connectivity index is 1.98. The van der Waals surface area contributed by atoms with Crippen LogP contribution in [0.3, 0.4) is 0 Å². The van der Waals surface area contributed by atoms with Gasteiger partial charge in [0, 0.05) is 11.8 Å². The summed E-state index contributed by atoms with van der Waals surface area (Å²) in [4.78, 5) is 27.7. The second kappa shape index (κ2) is 13.2. The smallest absolute Gasteiger partial charge is 0.328 e. The van der Waals surface area contributed by atoms with Crippen molar-refractivity contribution in [2.45, 2.75) is 70.3 Å². The van der Waals surface area contributed by atoms with Gasteiger partial charge in [0.1, 0.15) is 4.32 Å². The lowest BCUT2D eigenvalue weighted by Crippen LogP contribution is -2.50. The van der Waals surface area contributed by atoms with Crippen LogP contribution in [0.2, 0.25) is 18.1 Å². The molecular formula is C30H39NO4S2Si. The molecular weight excluding hydrogens is 531 g/mol. The molecule has 0 radical (unpaired) electrons.